The van der Waals surface area contributed by atoms with Gasteiger partial charge in [0, 0.05) is 29.7 Å². The van der Waals surface area contributed by atoms with Crippen molar-refractivity contribution in [3.8, 4) is 0 Å². The second kappa shape index (κ2) is 5.83. The van der Waals surface area contributed by atoms with E-state index in [1.54, 1.807) is 0 Å². The van der Waals surface area contributed by atoms with Gasteiger partial charge in [-0.25, -0.2) is 4.98 Å². The van der Waals surface area contributed by atoms with E-state index in [0.29, 0.717) is 16.1 Å². The minimum absolute atomic E-state index is 0.129. The Morgan fingerprint density at radius 3 is 2.85 bits per heavy atom. The molecular weight excluding hydrogens is 282 g/mol. The number of nitrogens with one attached hydrogen (secondary N) is 2. The van der Waals surface area contributed by atoms with Crippen molar-refractivity contribution < 1.29 is 10.3 Å². The summed E-state index contributed by atoms with van der Waals surface area (Å²) in [5.41, 5.74) is 8.56. The van der Waals surface area contributed by atoms with Crippen LogP contribution in [0.4, 0.5) is 11.5 Å². The topological polar surface area (TPSA) is 128 Å². The molecule has 0 amide bonds. The normalized spacial score (nSPS) is 11.9. The number of nitrogen functional groups attached to an aromatic ring is 1. The van der Waals surface area contributed by atoms with Crippen molar-refractivity contribution in [1.82, 2.24) is 9.97 Å². The van der Waals surface area contributed by atoms with Crippen molar-refractivity contribution in [3.63, 3.8) is 0 Å². The van der Waals surface area contributed by atoms with Crippen molar-refractivity contribution >= 4 is 29.3 Å². The third-order valence-electron chi connectivity index (χ3n) is 2.76. The number of rotatable bonds is 4. The van der Waals surface area contributed by atoms with E-state index >= 15 is 0 Å². The molecule has 0 aromatic carbocycles. The van der Waals surface area contributed by atoms with E-state index in [1.165, 1.54) is 24.5 Å². The first kappa shape index (κ1) is 14.2. The summed E-state index contributed by atoms with van der Waals surface area (Å²) < 4.78 is 0. The Hall–Kier alpha value is -2.22. The van der Waals surface area contributed by atoms with Gasteiger partial charge in [-0.1, -0.05) is 11.6 Å². The fraction of sp³-hybridized carbons (Fsp3) is 0.0833. The molecule has 0 radical (unpaired) electrons. The molecule has 0 aliphatic rings. The van der Waals surface area contributed by atoms with Crippen LogP contribution in [0.5, 0.6) is 0 Å². The second-order valence-corrected chi connectivity index (χ2v) is 4.38. The van der Waals surface area contributed by atoms with E-state index in [9.17, 15) is 5.11 Å². The van der Waals surface area contributed by atoms with Crippen LogP contribution in [0.2, 0.25) is 5.02 Å². The molecule has 1 unspecified atom stereocenters. The van der Waals surface area contributed by atoms with Crippen molar-refractivity contribution in [2.75, 3.05) is 11.2 Å². The third kappa shape index (κ3) is 2.55. The molecule has 0 aliphatic carbocycles. The molecule has 2 heterocycles. The molecule has 0 saturated carbocycles. The second-order valence-electron chi connectivity index (χ2n) is 3.94. The number of aromatic nitrogens is 2. The summed E-state index contributed by atoms with van der Waals surface area (Å²) in [6.07, 6.45) is 2.57. The molecule has 1 atom stereocenters. The highest BCUT2D eigenvalue weighted by atomic mass is 35.5. The van der Waals surface area contributed by atoms with Gasteiger partial charge >= 0.3 is 0 Å². The van der Waals surface area contributed by atoms with E-state index in [4.69, 9.17) is 28.0 Å². The molecule has 6 N–H and O–H groups in total. The zero-order valence-corrected chi connectivity index (χ0v) is 11.0. The Morgan fingerprint density at radius 1 is 1.45 bits per heavy atom. The van der Waals surface area contributed by atoms with E-state index < -0.39 is 6.10 Å². The first-order valence-electron chi connectivity index (χ1n) is 5.57. The van der Waals surface area contributed by atoms with Gasteiger partial charge < -0.3 is 16.2 Å². The molecule has 104 valence electrons. The quantitative estimate of drug-likeness (QED) is 0.430. The SMILES string of the molecule is N=Cc1c(C(O)c2ncc(Cl)cc2NO)ccnc1N. The van der Waals surface area contributed by atoms with Gasteiger partial charge in [0.25, 0.3) is 0 Å². The van der Waals surface area contributed by atoms with Gasteiger partial charge in [0.05, 0.1) is 16.4 Å². The van der Waals surface area contributed by atoms with Gasteiger partial charge in [0.2, 0.25) is 0 Å². The zero-order chi connectivity index (χ0) is 14.7. The van der Waals surface area contributed by atoms with Crippen LogP contribution in [0.25, 0.3) is 0 Å². The lowest BCUT2D eigenvalue weighted by Crippen LogP contribution is -2.11. The van der Waals surface area contributed by atoms with Crippen molar-refractivity contribution in [2.45, 2.75) is 6.10 Å². The highest BCUT2D eigenvalue weighted by Gasteiger charge is 2.20. The molecule has 0 aliphatic heterocycles. The summed E-state index contributed by atoms with van der Waals surface area (Å²) in [6, 6.07) is 2.95. The molecule has 0 bridgehead atoms. The lowest BCUT2D eigenvalue weighted by Gasteiger charge is -2.16. The minimum atomic E-state index is -1.19. The van der Waals surface area contributed by atoms with Crippen molar-refractivity contribution in [3.05, 3.63) is 46.4 Å². The molecule has 7 nitrogen and oxygen atoms in total. The molecule has 0 spiro atoms. The predicted molar refractivity (Wildman–Crippen MR) is 75.3 cm³/mol. The largest absolute Gasteiger partial charge is 0.383 e. The maximum atomic E-state index is 10.4. The first-order chi connectivity index (χ1) is 9.58. The molecule has 2 rings (SSSR count). The molecule has 0 saturated heterocycles. The predicted octanol–water partition coefficient (Wildman–Crippen LogP) is 1.59. The van der Waals surface area contributed by atoms with Crippen molar-refractivity contribution in [1.29, 1.82) is 5.41 Å². The van der Waals surface area contributed by atoms with E-state index in [2.05, 4.69) is 9.97 Å². The lowest BCUT2D eigenvalue weighted by atomic mass is 10.0. The average Bonchev–Trinajstić information content (AvgIpc) is 2.46. The van der Waals surface area contributed by atoms with Crippen LogP contribution in [-0.4, -0.2) is 26.5 Å². The number of nitrogens with two attached hydrogens (primary N) is 1. The Kier molecular flexibility index (Phi) is 4.14. The number of aliphatic hydroxyl groups is 1. The molecule has 20 heavy (non-hydrogen) atoms. The molecule has 0 fully saturated rings. The summed E-state index contributed by atoms with van der Waals surface area (Å²) in [7, 11) is 0. The third-order valence-corrected chi connectivity index (χ3v) is 2.96. The first-order valence-corrected chi connectivity index (χ1v) is 5.94. The van der Waals surface area contributed by atoms with Gasteiger partial charge in [0.1, 0.15) is 11.9 Å². The standard InChI is InChI=1S/C12H12ClN5O2/c13-6-3-9(18-20)10(17-5-6)11(19)7-1-2-16-12(15)8(7)4-14/h1-5,11,14,18-20H,(H2,15,16). The van der Waals surface area contributed by atoms with Gasteiger partial charge in [-0.2, -0.15) is 0 Å². The van der Waals surface area contributed by atoms with E-state index in [1.807, 2.05) is 5.48 Å². The van der Waals surface area contributed by atoms with Crippen LogP contribution in [0.15, 0.2) is 24.5 Å². The summed E-state index contributed by atoms with van der Waals surface area (Å²) in [5, 5.41) is 27.1. The number of pyridine rings is 2. The number of nitrogens with zero attached hydrogens (tertiary/aromatic N) is 2. The highest BCUT2D eigenvalue weighted by Crippen LogP contribution is 2.30. The summed E-state index contributed by atoms with van der Waals surface area (Å²) >= 11 is 5.77. The maximum Gasteiger partial charge on any atom is 0.132 e. The zero-order valence-electron chi connectivity index (χ0n) is 10.2. The van der Waals surface area contributed by atoms with Crippen LogP contribution >= 0.6 is 11.6 Å². The Labute approximate surface area is 119 Å². The monoisotopic (exact) mass is 293 g/mol. The summed E-state index contributed by atoms with van der Waals surface area (Å²) in [5.74, 6) is 0.129. The molecule has 2 aromatic heterocycles. The average molecular weight is 294 g/mol. The molecule has 2 aromatic rings. The van der Waals surface area contributed by atoms with Crippen LogP contribution in [0.1, 0.15) is 22.9 Å². The number of halogens is 1. The number of anilines is 2. The van der Waals surface area contributed by atoms with Crippen molar-refractivity contribution in [2.24, 2.45) is 0 Å². The number of hydrogen-bond acceptors (Lipinski definition) is 7. The van der Waals surface area contributed by atoms with Gasteiger partial charge in [-0.15, -0.1) is 0 Å². The minimum Gasteiger partial charge on any atom is -0.383 e. The molecular formula is C12H12ClN5O2. The highest BCUT2D eigenvalue weighted by molar-refractivity contribution is 6.30. The number of aliphatic hydroxyl groups excluding tert-OH is 1. The lowest BCUT2D eigenvalue weighted by molar-refractivity contribution is 0.214. The Balaban J connectivity index is 2.54. The smallest absolute Gasteiger partial charge is 0.132 e. The Bertz CT molecular complexity index is 650. The molecule has 8 heteroatoms. The number of hydrogen-bond donors (Lipinski definition) is 5. The Morgan fingerprint density at radius 2 is 2.20 bits per heavy atom. The van der Waals surface area contributed by atoms with Crippen LogP contribution in [0, 0.1) is 5.41 Å². The van der Waals surface area contributed by atoms with Gasteiger partial charge in [0.15, 0.2) is 0 Å². The fourth-order valence-corrected chi connectivity index (χ4v) is 1.96. The van der Waals surface area contributed by atoms with Gasteiger partial charge in [-0.3, -0.25) is 15.7 Å². The van der Waals surface area contributed by atoms with Crippen LogP contribution < -0.4 is 11.2 Å². The fourth-order valence-electron chi connectivity index (χ4n) is 1.81. The maximum absolute atomic E-state index is 10.4. The van der Waals surface area contributed by atoms with E-state index in [-0.39, 0.29) is 17.2 Å². The van der Waals surface area contributed by atoms with Crippen LogP contribution in [-0.2, 0) is 0 Å². The summed E-state index contributed by atoms with van der Waals surface area (Å²) in [4.78, 5) is 7.84. The summed E-state index contributed by atoms with van der Waals surface area (Å²) in [6.45, 7) is 0. The van der Waals surface area contributed by atoms with Crippen LogP contribution in [0.3, 0.4) is 0 Å². The van der Waals surface area contributed by atoms with Gasteiger partial charge in [-0.05, 0) is 12.1 Å². The van der Waals surface area contributed by atoms with E-state index in [0.717, 1.165) is 6.21 Å².